The molecule has 6 rings (SSSR count). The lowest BCUT2D eigenvalue weighted by Gasteiger charge is -2.57. The Hall–Kier alpha value is -2.63. The highest BCUT2D eigenvalue weighted by atomic mass is 16.8. The van der Waals surface area contributed by atoms with E-state index in [0.29, 0.717) is 12.2 Å². The molecule has 0 aromatic heterocycles. The number of benzene rings is 2. The second kappa shape index (κ2) is 9.79. The molecule has 0 spiro atoms. The van der Waals surface area contributed by atoms with Crippen molar-refractivity contribution in [2.45, 2.75) is 64.3 Å². The number of nitrogens with two attached hydrogens (primary N) is 1. The van der Waals surface area contributed by atoms with Gasteiger partial charge in [0.15, 0.2) is 0 Å². The molecule has 35 heavy (non-hydrogen) atoms. The van der Waals surface area contributed by atoms with E-state index in [0.717, 1.165) is 29.1 Å². The molecule has 4 aliphatic rings. The molecule has 0 radical (unpaired) electrons. The van der Waals surface area contributed by atoms with E-state index >= 15 is 0 Å². The number of hydrogen-bond donors (Lipinski definition) is 1. The summed E-state index contributed by atoms with van der Waals surface area (Å²) in [5, 5.41) is 0. The predicted octanol–water partition coefficient (Wildman–Crippen LogP) is 6.16. The first-order chi connectivity index (χ1) is 16.9. The maximum absolute atomic E-state index is 11.4. The van der Waals surface area contributed by atoms with E-state index in [2.05, 4.69) is 31.2 Å². The normalized spacial score (nSPS) is 28.2. The van der Waals surface area contributed by atoms with Gasteiger partial charge in [0.05, 0.1) is 6.61 Å². The van der Waals surface area contributed by atoms with Gasteiger partial charge in [-0.25, -0.2) is 0 Å². The molecule has 1 atom stereocenters. The lowest BCUT2D eigenvalue weighted by molar-refractivity contribution is -0.231. The van der Waals surface area contributed by atoms with E-state index < -0.39 is 12.4 Å². The molecule has 1 unspecified atom stereocenters. The van der Waals surface area contributed by atoms with Crippen LogP contribution in [0.25, 0.3) is 11.6 Å². The second-order valence-electron chi connectivity index (χ2n) is 10.8. The molecule has 2 aromatic rings. The van der Waals surface area contributed by atoms with Gasteiger partial charge in [0, 0.05) is 18.2 Å². The average Bonchev–Trinajstić information content (AvgIpc) is 2.83. The van der Waals surface area contributed by atoms with Gasteiger partial charge < -0.3 is 19.9 Å². The van der Waals surface area contributed by atoms with Crippen LogP contribution < -0.4 is 10.5 Å². The van der Waals surface area contributed by atoms with E-state index in [1.807, 2.05) is 19.1 Å². The fourth-order valence-corrected chi connectivity index (χ4v) is 7.20. The Balaban J connectivity index is 1.51. The molecular formula is C30H37NO4. The molecule has 0 saturated heterocycles. The summed E-state index contributed by atoms with van der Waals surface area (Å²) in [6, 6.07) is 14.0. The number of hydrogen-bond acceptors (Lipinski definition) is 4. The molecule has 0 heterocycles. The molecule has 2 aromatic carbocycles. The van der Waals surface area contributed by atoms with Crippen molar-refractivity contribution in [2.75, 3.05) is 13.7 Å². The summed E-state index contributed by atoms with van der Waals surface area (Å²) in [6.45, 7) is 3.90. The topological polar surface area (TPSA) is 70.8 Å². The van der Waals surface area contributed by atoms with Gasteiger partial charge in [-0.2, -0.15) is 0 Å². The molecule has 4 saturated carbocycles. The van der Waals surface area contributed by atoms with Crippen LogP contribution >= 0.6 is 0 Å². The Labute approximate surface area is 208 Å². The summed E-state index contributed by atoms with van der Waals surface area (Å²) in [5.74, 6) is 2.99. The summed E-state index contributed by atoms with van der Waals surface area (Å²) < 4.78 is 17.4. The van der Waals surface area contributed by atoms with Gasteiger partial charge in [-0.15, -0.1) is 0 Å². The van der Waals surface area contributed by atoms with Crippen LogP contribution in [-0.4, -0.2) is 26.1 Å². The fourth-order valence-electron chi connectivity index (χ4n) is 7.20. The number of ether oxygens (including phenoxy) is 3. The molecule has 2 N–H and O–H groups in total. The molecule has 5 heteroatoms. The first kappa shape index (κ1) is 24.1. The Morgan fingerprint density at radius 1 is 1.03 bits per heavy atom. The molecule has 4 bridgehead atoms. The zero-order valence-corrected chi connectivity index (χ0v) is 21.1. The van der Waals surface area contributed by atoms with Crippen LogP contribution in [-0.2, 0) is 14.9 Å². The van der Waals surface area contributed by atoms with E-state index in [1.165, 1.54) is 55.2 Å². The second-order valence-corrected chi connectivity index (χ2v) is 10.8. The quantitative estimate of drug-likeness (QED) is 0.348. The average molecular weight is 476 g/mol. The van der Waals surface area contributed by atoms with E-state index in [-0.39, 0.29) is 5.41 Å². The number of rotatable bonds is 9. The first-order valence-corrected chi connectivity index (χ1v) is 12.9. The van der Waals surface area contributed by atoms with E-state index in [1.54, 1.807) is 19.2 Å². The number of methoxy groups -OCH3 is 1. The van der Waals surface area contributed by atoms with Gasteiger partial charge in [0.25, 0.3) is 0 Å². The van der Waals surface area contributed by atoms with Crippen molar-refractivity contribution in [3.63, 3.8) is 0 Å². The minimum absolute atomic E-state index is 0.175. The first-order valence-electron chi connectivity index (χ1n) is 12.9. The Morgan fingerprint density at radius 2 is 1.63 bits per heavy atom. The summed E-state index contributed by atoms with van der Waals surface area (Å²) in [5.41, 5.74) is 10.8. The minimum Gasteiger partial charge on any atom is -0.441 e. The Morgan fingerprint density at radius 3 is 2.17 bits per heavy atom. The van der Waals surface area contributed by atoms with Gasteiger partial charge in [-0.3, -0.25) is 4.79 Å². The van der Waals surface area contributed by atoms with E-state index in [4.69, 9.17) is 19.9 Å². The van der Waals surface area contributed by atoms with Crippen molar-refractivity contribution in [3.8, 4) is 5.75 Å². The van der Waals surface area contributed by atoms with Crippen molar-refractivity contribution in [1.29, 1.82) is 0 Å². The van der Waals surface area contributed by atoms with Crippen LogP contribution in [0.4, 0.5) is 0 Å². The molecule has 4 aliphatic carbocycles. The van der Waals surface area contributed by atoms with Crippen molar-refractivity contribution in [1.82, 2.24) is 0 Å². The van der Waals surface area contributed by atoms with Crippen LogP contribution in [0.2, 0.25) is 0 Å². The van der Waals surface area contributed by atoms with Crippen LogP contribution in [0.5, 0.6) is 5.75 Å². The summed E-state index contributed by atoms with van der Waals surface area (Å²) in [7, 11) is 1.62. The minimum atomic E-state index is -0.709. The van der Waals surface area contributed by atoms with Crippen LogP contribution in [0.1, 0.15) is 79.4 Å². The maximum atomic E-state index is 11.4. The Kier molecular flexibility index (Phi) is 6.73. The monoisotopic (exact) mass is 475 g/mol. The van der Waals surface area contributed by atoms with Gasteiger partial charge in [0.2, 0.25) is 5.91 Å². The Bertz CT molecular complexity index is 1070. The molecule has 1 amide bonds. The van der Waals surface area contributed by atoms with Crippen molar-refractivity contribution in [3.05, 3.63) is 64.7 Å². The maximum Gasteiger partial charge on any atom is 0.315 e. The highest BCUT2D eigenvalue weighted by molar-refractivity contribution is 5.93. The number of primary amides is 1. The highest BCUT2D eigenvalue weighted by Gasteiger charge is 2.52. The lowest BCUT2D eigenvalue weighted by Crippen LogP contribution is -2.48. The molecule has 5 nitrogen and oxygen atoms in total. The smallest absolute Gasteiger partial charge is 0.315 e. The predicted molar refractivity (Wildman–Crippen MR) is 138 cm³/mol. The van der Waals surface area contributed by atoms with Crippen molar-refractivity contribution in [2.24, 2.45) is 23.5 Å². The summed E-state index contributed by atoms with van der Waals surface area (Å²) in [4.78, 5) is 11.4. The molecule has 186 valence electrons. The SMILES string of the molecule is CCOC(OC)Oc1ccc(/C(C)=C/c2ccc(C(N)=O)cc2)cc1C12CC3CC(CC(C3)C1)C2. The van der Waals surface area contributed by atoms with Crippen molar-refractivity contribution < 1.29 is 19.0 Å². The zero-order valence-electron chi connectivity index (χ0n) is 21.1. The van der Waals surface area contributed by atoms with E-state index in [9.17, 15) is 4.79 Å². The largest absolute Gasteiger partial charge is 0.441 e. The van der Waals surface area contributed by atoms with Crippen LogP contribution in [0, 0.1) is 17.8 Å². The number of carbonyl (C=O) groups is 1. The number of carbonyl (C=O) groups excluding carboxylic acids is 1. The third kappa shape index (κ3) is 4.89. The summed E-state index contributed by atoms with van der Waals surface area (Å²) in [6.07, 6.45) is 10.1. The van der Waals surface area contributed by atoms with Gasteiger partial charge in [-0.1, -0.05) is 24.3 Å². The zero-order chi connectivity index (χ0) is 24.6. The highest BCUT2D eigenvalue weighted by Crippen LogP contribution is 2.62. The lowest BCUT2D eigenvalue weighted by atomic mass is 9.48. The molecule has 4 fully saturated rings. The van der Waals surface area contributed by atoms with Gasteiger partial charge in [0.1, 0.15) is 5.75 Å². The van der Waals surface area contributed by atoms with Crippen LogP contribution in [0.15, 0.2) is 42.5 Å². The van der Waals surface area contributed by atoms with Gasteiger partial charge in [-0.05, 0) is 117 Å². The number of amides is 1. The van der Waals surface area contributed by atoms with Crippen LogP contribution in [0.3, 0.4) is 0 Å². The number of allylic oxidation sites excluding steroid dienone is 1. The third-order valence-corrected chi connectivity index (χ3v) is 8.34. The molecule has 0 aliphatic heterocycles. The third-order valence-electron chi connectivity index (χ3n) is 8.34. The van der Waals surface area contributed by atoms with Crippen molar-refractivity contribution >= 4 is 17.6 Å². The van der Waals surface area contributed by atoms with Gasteiger partial charge >= 0.3 is 6.48 Å². The fraction of sp³-hybridized carbons (Fsp3) is 0.500. The molecular weight excluding hydrogens is 438 g/mol. The standard InChI is InChI=1S/C30H37NO4/c1-4-34-29(33-3)35-27-10-9-25(19(2)11-20-5-7-24(8-6-20)28(31)32)15-26(27)30-16-21-12-22(17-30)14-23(13-21)18-30/h5-11,15,21-23,29H,4,12-14,16-18H2,1-3H3,(H2,31,32)/b19-11+. The summed E-state index contributed by atoms with van der Waals surface area (Å²) >= 11 is 0.